The molecular formula is C13H12BrClN2O3S. The van der Waals surface area contributed by atoms with Crippen molar-refractivity contribution in [1.82, 2.24) is 0 Å². The van der Waals surface area contributed by atoms with Crippen molar-refractivity contribution in [2.75, 3.05) is 17.6 Å². The Labute approximate surface area is 136 Å². The zero-order valence-electron chi connectivity index (χ0n) is 10.9. The van der Waals surface area contributed by atoms with Crippen LogP contribution >= 0.6 is 27.5 Å². The first-order chi connectivity index (χ1) is 9.81. The number of sulfonamides is 1. The van der Waals surface area contributed by atoms with Crippen LogP contribution in [0.2, 0.25) is 5.02 Å². The van der Waals surface area contributed by atoms with Gasteiger partial charge in [-0.25, -0.2) is 8.42 Å². The highest BCUT2D eigenvalue weighted by molar-refractivity contribution is 9.10. The molecule has 0 aliphatic carbocycles. The standard InChI is InChI=1S/C13H12BrClN2O3S/c1-20-11-5-8(14)4-10(7-11)17-21(18,19)13-6-9(16)2-3-12(13)15/h2-7,17H,16H2,1H3. The van der Waals surface area contributed by atoms with Gasteiger partial charge in [0.2, 0.25) is 0 Å². The fourth-order valence-electron chi connectivity index (χ4n) is 1.68. The van der Waals surface area contributed by atoms with Crippen molar-refractivity contribution in [2.24, 2.45) is 0 Å². The van der Waals surface area contributed by atoms with Gasteiger partial charge < -0.3 is 10.5 Å². The minimum Gasteiger partial charge on any atom is -0.497 e. The Kier molecular flexibility index (Phi) is 4.65. The summed E-state index contributed by atoms with van der Waals surface area (Å²) in [7, 11) is -2.35. The van der Waals surface area contributed by atoms with E-state index in [-0.39, 0.29) is 9.92 Å². The van der Waals surface area contributed by atoms with E-state index in [0.717, 1.165) is 0 Å². The van der Waals surface area contributed by atoms with E-state index in [1.807, 2.05) is 0 Å². The first-order valence-corrected chi connectivity index (χ1v) is 8.39. The number of rotatable bonds is 4. The first kappa shape index (κ1) is 15.9. The molecule has 5 nitrogen and oxygen atoms in total. The summed E-state index contributed by atoms with van der Waals surface area (Å²) in [5.74, 6) is 0.515. The van der Waals surface area contributed by atoms with Crippen molar-refractivity contribution in [3.63, 3.8) is 0 Å². The zero-order valence-corrected chi connectivity index (χ0v) is 14.1. The van der Waals surface area contributed by atoms with Crippen molar-refractivity contribution < 1.29 is 13.2 Å². The number of nitrogens with one attached hydrogen (secondary N) is 1. The Balaban J connectivity index is 2.42. The molecule has 0 bridgehead atoms. The number of anilines is 2. The van der Waals surface area contributed by atoms with E-state index >= 15 is 0 Å². The third kappa shape index (κ3) is 3.81. The Morgan fingerprint density at radius 3 is 2.62 bits per heavy atom. The summed E-state index contributed by atoms with van der Waals surface area (Å²) in [6.45, 7) is 0. The number of ether oxygens (including phenoxy) is 1. The van der Waals surface area contributed by atoms with E-state index in [4.69, 9.17) is 22.1 Å². The number of methoxy groups -OCH3 is 1. The molecule has 21 heavy (non-hydrogen) atoms. The summed E-state index contributed by atoms with van der Waals surface area (Å²) in [5, 5.41) is 0.0960. The molecule has 0 aliphatic heterocycles. The van der Waals surface area contributed by atoms with Crippen LogP contribution in [-0.4, -0.2) is 15.5 Å². The monoisotopic (exact) mass is 390 g/mol. The molecule has 0 saturated heterocycles. The van der Waals surface area contributed by atoms with Crippen LogP contribution in [0.3, 0.4) is 0 Å². The Morgan fingerprint density at radius 2 is 1.95 bits per heavy atom. The zero-order chi connectivity index (χ0) is 15.6. The van der Waals surface area contributed by atoms with Gasteiger partial charge in [-0.2, -0.15) is 0 Å². The molecule has 2 rings (SSSR count). The van der Waals surface area contributed by atoms with Gasteiger partial charge in [0.25, 0.3) is 10.0 Å². The molecule has 0 radical (unpaired) electrons. The van der Waals surface area contributed by atoms with E-state index < -0.39 is 10.0 Å². The Hall–Kier alpha value is -1.44. The van der Waals surface area contributed by atoms with Crippen molar-refractivity contribution in [2.45, 2.75) is 4.90 Å². The van der Waals surface area contributed by atoms with Gasteiger partial charge >= 0.3 is 0 Å². The predicted octanol–water partition coefficient (Wildman–Crippen LogP) is 3.49. The number of benzene rings is 2. The van der Waals surface area contributed by atoms with Crippen LogP contribution in [0.5, 0.6) is 5.75 Å². The van der Waals surface area contributed by atoms with Gasteiger partial charge in [-0.05, 0) is 30.3 Å². The van der Waals surface area contributed by atoms with E-state index in [2.05, 4.69) is 20.7 Å². The third-order valence-electron chi connectivity index (χ3n) is 2.60. The number of halogens is 2. The molecule has 0 fully saturated rings. The lowest BCUT2D eigenvalue weighted by Gasteiger charge is -2.11. The Bertz CT molecular complexity index is 781. The predicted molar refractivity (Wildman–Crippen MR) is 87.4 cm³/mol. The average Bonchev–Trinajstić information content (AvgIpc) is 2.40. The van der Waals surface area contributed by atoms with E-state index in [0.29, 0.717) is 21.6 Å². The van der Waals surface area contributed by atoms with Gasteiger partial charge in [0.1, 0.15) is 10.6 Å². The molecule has 0 atom stereocenters. The normalized spacial score (nSPS) is 11.2. The maximum absolute atomic E-state index is 12.4. The van der Waals surface area contributed by atoms with Crippen molar-refractivity contribution >= 4 is 48.9 Å². The summed E-state index contributed by atoms with van der Waals surface area (Å²) in [6.07, 6.45) is 0. The number of nitrogens with two attached hydrogens (primary N) is 1. The smallest absolute Gasteiger partial charge is 0.263 e. The molecular weight excluding hydrogens is 380 g/mol. The molecule has 2 aromatic carbocycles. The lowest BCUT2D eigenvalue weighted by Crippen LogP contribution is -2.14. The second-order valence-corrected chi connectivity index (χ2v) is 7.15. The number of nitrogen functional groups attached to an aromatic ring is 1. The molecule has 0 saturated carbocycles. The lowest BCUT2D eigenvalue weighted by molar-refractivity contribution is 0.415. The lowest BCUT2D eigenvalue weighted by atomic mass is 10.3. The molecule has 3 N–H and O–H groups in total. The van der Waals surface area contributed by atoms with Gasteiger partial charge in [-0.1, -0.05) is 27.5 Å². The maximum Gasteiger partial charge on any atom is 0.263 e. The molecule has 0 heterocycles. The van der Waals surface area contributed by atoms with Gasteiger partial charge in [0.05, 0.1) is 17.8 Å². The summed E-state index contributed by atoms with van der Waals surface area (Å²) in [5.41, 5.74) is 6.27. The van der Waals surface area contributed by atoms with Crippen LogP contribution in [0, 0.1) is 0 Å². The number of hydrogen-bond acceptors (Lipinski definition) is 4. The molecule has 2 aromatic rings. The molecule has 0 amide bonds. The highest BCUT2D eigenvalue weighted by Crippen LogP contribution is 2.29. The molecule has 0 aromatic heterocycles. The summed E-state index contributed by atoms with van der Waals surface area (Å²) < 4.78 is 33.0. The molecule has 0 spiro atoms. The fraction of sp³-hybridized carbons (Fsp3) is 0.0769. The molecule has 8 heteroatoms. The van der Waals surface area contributed by atoms with E-state index in [9.17, 15) is 8.42 Å². The SMILES string of the molecule is COc1cc(Br)cc(NS(=O)(=O)c2cc(N)ccc2Cl)c1. The van der Waals surface area contributed by atoms with Gasteiger partial charge in [0.15, 0.2) is 0 Å². The quantitative estimate of drug-likeness (QED) is 0.782. The highest BCUT2D eigenvalue weighted by atomic mass is 79.9. The van der Waals surface area contributed by atoms with E-state index in [1.165, 1.54) is 25.3 Å². The molecule has 112 valence electrons. The van der Waals surface area contributed by atoms with Crippen molar-refractivity contribution in [1.29, 1.82) is 0 Å². The minimum absolute atomic E-state index is 0.0805. The van der Waals surface area contributed by atoms with Crippen LogP contribution < -0.4 is 15.2 Å². The molecule has 0 unspecified atom stereocenters. The maximum atomic E-state index is 12.4. The van der Waals surface area contributed by atoms with Crippen molar-refractivity contribution in [3.05, 3.63) is 45.9 Å². The summed E-state index contributed by atoms with van der Waals surface area (Å²) in [4.78, 5) is -0.0805. The van der Waals surface area contributed by atoms with Gasteiger partial charge in [-0.3, -0.25) is 4.72 Å². The fourth-order valence-corrected chi connectivity index (χ4v) is 3.72. The second-order valence-electron chi connectivity index (χ2n) is 4.18. The van der Waals surface area contributed by atoms with Crippen LogP contribution in [0.25, 0.3) is 0 Å². The Morgan fingerprint density at radius 1 is 1.24 bits per heavy atom. The largest absolute Gasteiger partial charge is 0.497 e. The highest BCUT2D eigenvalue weighted by Gasteiger charge is 2.19. The van der Waals surface area contributed by atoms with Crippen LogP contribution in [-0.2, 0) is 10.0 Å². The second kappa shape index (κ2) is 6.13. The first-order valence-electron chi connectivity index (χ1n) is 5.74. The minimum atomic E-state index is -3.85. The van der Waals surface area contributed by atoms with Gasteiger partial charge in [-0.15, -0.1) is 0 Å². The molecule has 0 aliphatic rings. The van der Waals surface area contributed by atoms with Crippen LogP contribution in [0.1, 0.15) is 0 Å². The van der Waals surface area contributed by atoms with Gasteiger partial charge in [0, 0.05) is 16.2 Å². The van der Waals surface area contributed by atoms with E-state index in [1.54, 1.807) is 18.2 Å². The summed E-state index contributed by atoms with van der Waals surface area (Å²) in [6, 6.07) is 9.16. The average molecular weight is 392 g/mol. The van der Waals surface area contributed by atoms with Crippen LogP contribution in [0.15, 0.2) is 45.8 Å². The summed E-state index contributed by atoms with van der Waals surface area (Å²) >= 11 is 9.21. The topological polar surface area (TPSA) is 81.4 Å². The van der Waals surface area contributed by atoms with Crippen LogP contribution in [0.4, 0.5) is 11.4 Å². The number of hydrogen-bond donors (Lipinski definition) is 2. The van der Waals surface area contributed by atoms with Crippen molar-refractivity contribution in [3.8, 4) is 5.75 Å². The third-order valence-corrected chi connectivity index (χ3v) is 4.92.